The number of hydrogen-bond acceptors (Lipinski definition) is 5. The lowest BCUT2D eigenvalue weighted by Gasteiger charge is -2.36. The highest BCUT2D eigenvalue weighted by Crippen LogP contribution is 2.17. The molecule has 1 aromatic rings. The Morgan fingerprint density at radius 2 is 1.78 bits per heavy atom. The summed E-state index contributed by atoms with van der Waals surface area (Å²) in [4.78, 5) is 36.8. The van der Waals surface area contributed by atoms with Crippen LogP contribution in [0.2, 0.25) is 0 Å². The zero-order valence-corrected chi connectivity index (χ0v) is 14.1. The van der Waals surface area contributed by atoms with Gasteiger partial charge in [0.1, 0.15) is 5.78 Å². The molecule has 1 aliphatic rings. The van der Waals surface area contributed by atoms with Crippen molar-refractivity contribution in [2.24, 2.45) is 5.92 Å². The molecular formula is C17H26N4O2. The molecule has 0 unspecified atom stereocenters. The summed E-state index contributed by atoms with van der Waals surface area (Å²) in [7, 11) is 0. The lowest BCUT2D eigenvalue weighted by atomic mass is 9.95. The van der Waals surface area contributed by atoms with Crippen LogP contribution in [0.1, 0.15) is 39.5 Å². The highest BCUT2D eigenvalue weighted by molar-refractivity contribution is 6.00. The number of anilines is 1. The largest absolute Gasteiger partial charge is 0.339 e. The van der Waals surface area contributed by atoms with Crippen molar-refractivity contribution in [1.82, 2.24) is 14.9 Å². The van der Waals surface area contributed by atoms with Gasteiger partial charge >= 0.3 is 0 Å². The van der Waals surface area contributed by atoms with Gasteiger partial charge in [0.2, 0.25) is 11.9 Å². The number of piperazine rings is 1. The summed E-state index contributed by atoms with van der Waals surface area (Å²) in [6.45, 7) is 6.30. The predicted molar refractivity (Wildman–Crippen MR) is 89.1 cm³/mol. The standard InChI is InChI=1S/C17H26N4O2/c1-3-4-5-7-15(14(2)22)16(23)20-10-12-21(13-11-20)17-18-8-6-9-19-17/h6,8-9,15H,3-5,7,10-13H2,1-2H3/t15-/m0/s1. The van der Waals surface area contributed by atoms with Crippen molar-refractivity contribution in [3.05, 3.63) is 18.5 Å². The van der Waals surface area contributed by atoms with E-state index >= 15 is 0 Å². The average molecular weight is 318 g/mol. The van der Waals surface area contributed by atoms with Gasteiger partial charge in [-0.2, -0.15) is 0 Å². The quantitative estimate of drug-likeness (QED) is 0.567. The molecule has 1 atom stereocenters. The number of Topliss-reactive ketones (excluding diaryl/α,β-unsaturated/α-hetero) is 1. The smallest absolute Gasteiger partial charge is 0.233 e. The Kier molecular flexibility index (Phi) is 6.50. The molecule has 0 bridgehead atoms. The number of carbonyl (C=O) groups is 2. The van der Waals surface area contributed by atoms with Gasteiger partial charge in [0, 0.05) is 38.6 Å². The molecule has 0 aromatic carbocycles. The average Bonchev–Trinajstić information content (AvgIpc) is 2.59. The fourth-order valence-electron chi connectivity index (χ4n) is 2.90. The molecule has 1 saturated heterocycles. The highest BCUT2D eigenvalue weighted by atomic mass is 16.2. The van der Waals surface area contributed by atoms with Crippen LogP contribution in [-0.4, -0.2) is 52.7 Å². The van der Waals surface area contributed by atoms with E-state index in [0.717, 1.165) is 19.3 Å². The summed E-state index contributed by atoms with van der Waals surface area (Å²) in [6.07, 6.45) is 7.21. The van der Waals surface area contributed by atoms with Crippen LogP contribution in [0.25, 0.3) is 0 Å². The van der Waals surface area contributed by atoms with E-state index in [4.69, 9.17) is 0 Å². The predicted octanol–water partition coefficient (Wildman–Crippen LogP) is 1.91. The Bertz CT molecular complexity index is 513. The van der Waals surface area contributed by atoms with E-state index in [1.165, 1.54) is 6.92 Å². The summed E-state index contributed by atoms with van der Waals surface area (Å²) >= 11 is 0. The monoisotopic (exact) mass is 318 g/mol. The first-order valence-corrected chi connectivity index (χ1v) is 8.44. The van der Waals surface area contributed by atoms with Gasteiger partial charge in [-0.15, -0.1) is 0 Å². The van der Waals surface area contributed by atoms with Crippen LogP contribution in [-0.2, 0) is 9.59 Å². The zero-order chi connectivity index (χ0) is 16.7. The number of hydrogen-bond donors (Lipinski definition) is 0. The number of amides is 1. The minimum Gasteiger partial charge on any atom is -0.339 e. The SMILES string of the molecule is CCCCC[C@@H](C(C)=O)C(=O)N1CCN(c2ncccn2)CC1. The second-order valence-electron chi connectivity index (χ2n) is 6.02. The van der Waals surface area contributed by atoms with Crippen LogP contribution < -0.4 is 4.90 Å². The molecule has 126 valence electrons. The first-order chi connectivity index (χ1) is 11.1. The van der Waals surface area contributed by atoms with Crippen LogP contribution in [0, 0.1) is 5.92 Å². The first-order valence-electron chi connectivity index (χ1n) is 8.44. The van der Waals surface area contributed by atoms with Crippen LogP contribution in [0.15, 0.2) is 18.5 Å². The Balaban J connectivity index is 1.89. The molecule has 0 N–H and O–H groups in total. The van der Waals surface area contributed by atoms with Crippen molar-refractivity contribution < 1.29 is 9.59 Å². The van der Waals surface area contributed by atoms with Gasteiger partial charge < -0.3 is 9.80 Å². The third-order valence-corrected chi connectivity index (χ3v) is 4.31. The van der Waals surface area contributed by atoms with E-state index in [1.807, 2.05) is 4.90 Å². The lowest BCUT2D eigenvalue weighted by Crippen LogP contribution is -2.51. The summed E-state index contributed by atoms with van der Waals surface area (Å²) in [5, 5.41) is 0. The third kappa shape index (κ3) is 4.74. The summed E-state index contributed by atoms with van der Waals surface area (Å²) in [6, 6.07) is 1.79. The van der Waals surface area contributed by atoms with E-state index < -0.39 is 5.92 Å². The molecule has 2 rings (SSSR count). The molecule has 6 heteroatoms. The first kappa shape index (κ1) is 17.4. The lowest BCUT2D eigenvalue weighted by molar-refractivity contribution is -0.141. The summed E-state index contributed by atoms with van der Waals surface area (Å²) in [5.41, 5.74) is 0. The molecule has 0 spiro atoms. The van der Waals surface area contributed by atoms with E-state index in [2.05, 4.69) is 21.8 Å². The van der Waals surface area contributed by atoms with Gasteiger partial charge in [-0.05, 0) is 19.4 Å². The number of rotatable bonds is 7. The van der Waals surface area contributed by atoms with E-state index in [9.17, 15) is 9.59 Å². The Hall–Kier alpha value is -1.98. The van der Waals surface area contributed by atoms with Crippen LogP contribution in [0.4, 0.5) is 5.95 Å². The molecule has 0 saturated carbocycles. The van der Waals surface area contributed by atoms with Gasteiger partial charge in [-0.3, -0.25) is 9.59 Å². The molecule has 1 aliphatic heterocycles. The minimum atomic E-state index is -0.471. The van der Waals surface area contributed by atoms with Crippen molar-refractivity contribution in [3.8, 4) is 0 Å². The number of aromatic nitrogens is 2. The second kappa shape index (κ2) is 8.60. The van der Waals surface area contributed by atoms with Crippen molar-refractivity contribution in [3.63, 3.8) is 0 Å². The fourth-order valence-corrected chi connectivity index (χ4v) is 2.90. The summed E-state index contributed by atoms with van der Waals surface area (Å²) in [5.74, 6) is 0.203. The third-order valence-electron chi connectivity index (χ3n) is 4.31. The molecule has 6 nitrogen and oxygen atoms in total. The van der Waals surface area contributed by atoms with Crippen molar-refractivity contribution in [2.75, 3.05) is 31.1 Å². The van der Waals surface area contributed by atoms with Gasteiger partial charge in [0.05, 0.1) is 5.92 Å². The van der Waals surface area contributed by atoms with Crippen molar-refractivity contribution >= 4 is 17.6 Å². The Labute approximate surface area is 137 Å². The van der Waals surface area contributed by atoms with Crippen LogP contribution >= 0.6 is 0 Å². The Morgan fingerprint density at radius 3 is 2.35 bits per heavy atom. The number of nitrogens with zero attached hydrogens (tertiary/aromatic N) is 4. The zero-order valence-electron chi connectivity index (χ0n) is 14.1. The van der Waals surface area contributed by atoms with E-state index in [1.54, 1.807) is 18.5 Å². The molecule has 1 aromatic heterocycles. The van der Waals surface area contributed by atoms with Crippen LogP contribution in [0.3, 0.4) is 0 Å². The molecule has 23 heavy (non-hydrogen) atoms. The molecule has 0 radical (unpaired) electrons. The maximum absolute atomic E-state index is 12.6. The fraction of sp³-hybridized carbons (Fsp3) is 0.647. The topological polar surface area (TPSA) is 66.4 Å². The Morgan fingerprint density at radius 1 is 1.13 bits per heavy atom. The number of carbonyl (C=O) groups excluding carboxylic acids is 2. The normalized spacial score (nSPS) is 16.3. The van der Waals surface area contributed by atoms with Gasteiger partial charge in [0.25, 0.3) is 0 Å². The number of unbranched alkanes of at least 4 members (excludes halogenated alkanes) is 2. The minimum absolute atomic E-state index is 0.0118. The molecule has 1 fully saturated rings. The maximum atomic E-state index is 12.6. The second-order valence-corrected chi connectivity index (χ2v) is 6.02. The maximum Gasteiger partial charge on any atom is 0.233 e. The van der Waals surface area contributed by atoms with Crippen molar-refractivity contribution in [1.29, 1.82) is 0 Å². The highest BCUT2D eigenvalue weighted by Gasteiger charge is 2.30. The number of ketones is 1. The van der Waals surface area contributed by atoms with Crippen LogP contribution in [0.5, 0.6) is 0 Å². The van der Waals surface area contributed by atoms with E-state index in [-0.39, 0.29) is 11.7 Å². The van der Waals surface area contributed by atoms with Gasteiger partial charge in [0.15, 0.2) is 0 Å². The van der Waals surface area contributed by atoms with Gasteiger partial charge in [-0.1, -0.05) is 26.2 Å². The molecule has 2 heterocycles. The van der Waals surface area contributed by atoms with Gasteiger partial charge in [-0.25, -0.2) is 9.97 Å². The molecular weight excluding hydrogens is 292 g/mol. The molecule has 0 aliphatic carbocycles. The van der Waals surface area contributed by atoms with E-state index in [0.29, 0.717) is 38.5 Å². The van der Waals surface area contributed by atoms with Crippen molar-refractivity contribution in [2.45, 2.75) is 39.5 Å². The summed E-state index contributed by atoms with van der Waals surface area (Å²) < 4.78 is 0. The molecule has 1 amide bonds.